The van der Waals surface area contributed by atoms with Gasteiger partial charge in [0.1, 0.15) is 17.9 Å². The van der Waals surface area contributed by atoms with Crippen molar-refractivity contribution in [3.05, 3.63) is 0 Å². The summed E-state index contributed by atoms with van der Waals surface area (Å²) in [6.45, 7) is 16.9. The van der Waals surface area contributed by atoms with E-state index in [9.17, 15) is 9.59 Å². The Bertz CT molecular complexity index is 437. The van der Waals surface area contributed by atoms with Gasteiger partial charge in [-0.1, -0.05) is 20.8 Å². The molecule has 1 aliphatic heterocycles. The van der Waals surface area contributed by atoms with Crippen LogP contribution in [-0.4, -0.2) is 49.9 Å². The van der Waals surface area contributed by atoms with Gasteiger partial charge in [0.15, 0.2) is 8.32 Å². The van der Waals surface area contributed by atoms with Crippen molar-refractivity contribution >= 4 is 20.7 Å². The lowest BCUT2D eigenvalue weighted by Gasteiger charge is -2.45. The maximum atomic E-state index is 12.4. The van der Waals surface area contributed by atoms with E-state index in [1.165, 1.54) is 4.90 Å². The molecule has 0 saturated carbocycles. The second kappa shape index (κ2) is 6.93. The molecule has 0 aromatic heterocycles. The molecule has 1 fully saturated rings. The number of ether oxygens (including phenoxy) is 1. The number of hydrogen-bond acceptors (Lipinski definition) is 4. The van der Waals surface area contributed by atoms with Crippen LogP contribution in [0.3, 0.4) is 0 Å². The van der Waals surface area contributed by atoms with Crippen molar-refractivity contribution in [2.24, 2.45) is 0 Å². The normalized spacial score (nSPS) is 23.6. The van der Waals surface area contributed by atoms with E-state index in [1.54, 1.807) is 0 Å². The quantitative estimate of drug-likeness (QED) is 0.574. The SMILES string of the molecule is CC(C)(C)OC(=O)N1CCC[C@H](O[Si](C)(C)C(C)(C)C)[C@H]1C=O. The average molecular weight is 344 g/mol. The Balaban J connectivity index is 2.91. The molecule has 2 atom stereocenters. The highest BCUT2D eigenvalue weighted by molar-refractivity contribution is 6.74. The summed E-state index contributed by atoms with van der Waals surface area (Å²) in [6.07, 6.45) is 1.78. The van der Waals surface area contributed by atoms with Gasteiger partial charge in [-0.05, 0) is 51.7 Å². The summed E-state index contributed by atoms with van der Waals surface area (Å²) in [5, 5.41) is 0.0641. The summed E-state index contributed by atoms with van der Waals surface area (Å²) in [7, 11) is -2.00. The van der Waals surface area contributed by atoms with E-state index in [1.807, 2.05) is 20.8 Å². The maximum absolute atomic E-state index is 12.4. The molecule has 1 amide bonds. The molecule has 1 saturated heterocycles. The molecule has 0 spiro atoms. The highest BCUT2D eigenvalue weighted by Gasteiger charge is 2.44. The van der Waals surface area contributed by atoms with Gasteiger partial charge in [0.05, 0.1) is 6.10 Å². The monoisotopic (exact) mass is 343 g/mol. The highest BCUT2D eigenvalue weighted by Crippen LogP contribution is 2.39. The lowest BCUT2D eigenvalue weighted by Crippen LogP contribution is -2.57. The molecular formula is C17H33NO4Si. The minimum absolute atomic E-state index is 0.0641. The van der Waals surface area contributed by atoms with E-state index >= 15 is 0 Å². The summed E-state index contributed by atoms with van der Waals surface area (Å²) in [5.41, 5.74) is -0.572. The summed E-state index contributed by atoms with van der Waals surface area (Å²) in [6, 6.07) is -0.562. The summed E-state index contributed by atoms with van der Waals surface area (Å²) in [5.74, 6) is 0. The lowest BCUT2D eigenvalue weighted by molar-refractivity contribution is -0.117. The molecule has 5 nitrogen and oxygen atoms in total. The lowest BCUT2D eigenvalue weighted by atomic mass is 10.0. The van der Waals surface area contributed by atoms with Gasteiger partial charge in [-0.15, -0.1) is 0 Å². The van der Waals surface area contributed by atoms with Gasteiger partial charge in [0.2, 0.25) is 0 Å². The zero-order valence-electron chi connectivity index (χ0n) is 15.9. The van der Waals surface area contributed by atoms with E-state index in [-0.39, 0.29) is 11.1 Å². The fourth-order valence-corrected chi connectivity index (χ4v) is 3.73. The van der Waals surface area contributed by atoms with Crippen LogP contribution in [0.25, 0.3) is 0 Å². The molecule has 0 aliphatic carbocycles. The highest BCUT2D eigenvalue weighted by atomic mass is 28.4. The number of rotatable bonds is 3. The third kappa shape index (κ3) is 5.31. The van der Waals surface area contributed by atoms with Crippen LogP contribution in [0.5, 0.6) is 0 Å². The van der Waals surface area contributed by atoms with Crippen molar-refractivity contribution in [3.8, 4) is 0 Å². The third-order valence-corrected chi connectivity index (χ3v) is 9.15. The van der Waals surface area contributed by atoms with Crippen LogP contribution >= 0.6 is 0 Å². The number of hydrogen-bond donors (Lipinski definition) is 0. The van der Waals surface area contributed by atoms with Gasteiger partial charge in [-0.25, -0.2) is 4.79 Å². The minimum Gasteiger partial charge on any atom is -0.444 e. The predicted octanol–water partition coefficient (Wildman–Crippen LogP) is 3.98. The maximum Gasteiger partial charge on any atom is 0.410 e. The molecule has 1 heterocycles. The number of carbonyl (C=O) groups excluding carboxylic acids is 2. The predicted molar refractivity (Wildman–Crippen MR) is 94.1 cm³/mol. The molecule has 134 valence electrons. The molecular weight excluding hydrogens is 310 g/mol. The molecule has 1 rings (SSSR count). The number of carbonyl (C=O) groups is 2. The molecule has 0 radical (unpaired) electrons. The summed E-state index contributed by atoms with van der Waals surface area (Å²) in [4.78, 5) is 25.6. The van der Waals surface area contributed by atoms with Crippen LogP contribution in [0.1, 0.15) is 54.4 Å². The second-order valence-electron chi connectivity index (χ2n) is 8.86. The van der Waals surface area contributed by atoms with Crippen molar-refractivity contribution in [2.75, 3.05) is 6.54 Å². The van der Waals surface area contributed by atoms with E-state index in [2.05, 4.69) is 33.9 Å². The van der Waals surface area contributed by atoms with Gasteiger partial charge >= 0.3 is 6.09 Å². The minimum atomic E-state index is -2.00. The smallest absolute Gasteiger partial charge is 0.410 e. The molecule has 0 bridgehead atoms. The Hall–Kier alpha value is -0.883. The number of piperidine rings is 1. The zero-order valence-corrected chi connectivity index (χ0v) is 16.9. The number of likely N-dealkylation sites (tertiary alicyclic amines) is 1. The fourth-order valence-electron chi connectivity index (χ4n) is 2.36. The first-order chi connectivity index (χ1) is 10.3. The molecule has 6 heteroatoms. The summed E-state index contributed by atoms with van der Waals surface area (Å²) < 4.78 is 11.9. The first-order valence-electron chi connectivity index (χ1n) is 8.41. The van der Waals surface area contributed by atoms with Gasteiger partial charge < -0.3 is 14.0 Å². The largest absolute Gasteiger partial charge is 0.444 e. The molecule has 1 aliphatic rings. The van der Waals surface area contributed by atoms with Crippen molar-refractivity contribution in [1.29, 1.82) is 0 Å². The van der Waals surface area contributed by atoms with E-state index in [0.29, 0.717) is 6.54 Å². The zero-order chi connectivity index (χ0) is 18.1. The Morgan fingerprint density at radius 2 is 1.74 bits per heavy atom. The van der Waals surface area contributed by atoms with Crippen molar-refractivity contribution in [3.63, 3.8) is 0 Å². The second-order valence-corrected chi connectivity index (χ2v) is 13.6. The first kappa shape index (κ1) is 20.2. The van der Waals surface area contributed by atoms with Gasteiger partial charge in [0.25, 0.3) is 0 Å². The number of aldehydes is 1. The van der Waals surface area contributed by atoms with E-state index in [4.69, 9.17) is 9.16 Å². The van der Waals surface area contributed by atoms with E-state index in [0.717, 1.165) is 19.1 Å². The average Bonchev–Trinajstić information content (AvgIpc) is 2.34. The van der Waals surface area contributed by atoms with Crippen LogP contribution in [-0.2, 0) is 14.0 Å². The van der Waals surface area contributed by atoms with Crippen LogP contribution in [0.4, 0.5) is 4.79 Å². The molecule has 0 aromatic carbocycles. The molecule has 0 aromatic rings. The van der Waals surface area contributed by atoms with E-state index < -0.39 is 26.1 Å². The van der Waals surface area contributed by atoms with Crippen LogP contribution in [0.15, 0.2) is 0 Å². The van der Waals surface area contributed by atoms with Gasteiger partial charge in [0, 0.05) is 6.54 Å². The Labute approximate surface area is 141 Å². The Morgan fingerprint density at radius 1 is 1.17 bits per heavy atom. The fraction of sp³-hybridized carbons (Fsp3) is 0.882. The number of nitrogens with zero attached hydrogens (tertiary/aromatic N) is 1. The first-order valence-corrected chi connectivity index (χ1v) is 11.3. The van der Waals surface area contributed by atoms with Crippen LogP contribution in [0.2, 0.25) is 18.1 Å². The van der Waals surface area contributed by atoms with Crippen molar-refractivity contribution in [1.82, 2.24) is 4.90 Å². The standard InChI is InChI=1S/C17H33NO4Si/c1-16(2,3)21-15(20)18-11-9-10-14(13(18)12-19)22-23(7,8)17(4,5)6/h12-14H,9-11H2,1-8H3/t13-,14+/m1/s1. The molecule has 23 heavy (non-hydrogen) atoms. The van der Waals surface area contributed by atoms with Crippen LogP contribution in [0, 0.1) is 0 Å². The van der Waals surface area contributed by atoms with Crippen molar-refractivity contribution in [2.45, 2.75) is 90.3 Å². The topological polar surface area (TPSA) is 55.8 Å². The van der Waals surface area contributed by atoms with Gasteiger partial charge in [-0.2, -0.15) is 0 Å². The Kier molecular flexibility index (Phi) is 6.07. The molecule has 0 N–H and O–H groups in total. The summed E-state index contributed by atoms with van der Waals surface area (Å²) >= 11 is 0. The third-order valence-electron chi connectivity index (χ3n) is 4.65. The van der Waals surface area contributed by atoms with Crippen molar-refractivity contribution < 1.29 is 18.8 Å². The Morgan fingerprint density at radius 3 is 2.17 bits per heavy atom. The molecule has 0 unspecified atom stereocenters. The van der Waals surface area contributed by atoms with Gasteiger partial charge in [-0.3, -0.25) is 4.90 Å². The van der Waals surface area contributed by atoms with Crippen LogP contribution < -0.4 is 0 Å². The number of amides is 1.